The number of rotatable bonds is 10. The summed E-state index contributed by atoms with van der Waals surface area (Å²) in [6.45, 7) is 1.20. The second-order valence-electron chi connectivity index (χ2n) is 5.98. The maximum atomic E-state index is 11.9. The van der Waals surface area contributed by atoms with E-state index in [2.05, 4.69) is 29.6 Å². The number of nitrogens with one attached hydrogen (secondary N) is 1. The Labute approximate surface area is 168 Å². The summed E-state index contributed by atoms with van der Waals surface area (Å²) in [6, 6.07) is 24.5. The molecule has 0 radical (unpaired) electrons. The molecule has 0 aliphatic carbocycles. The van der Waals surface area contributed by atoms with Crippen molar-refractivity contribution in [2.45, 2.75) is 12.6 Å². The summed E-state index contributed by atoms with van der Waals surface area (Å²) >= 11 is 3.25. The van der Waals surface area contributed by atoms with Crippen LogP contribution in [0.4, 0.5) is 0 Å². The molecule has 3 rings (SSSR count). The number of carbonyl (C=O) groups excluding carboxylic acids is 1. The minimum Gasteiger partial charge on any atom is -0.368 e. The van der Waals surface area contributed by atoms with E-state index in [1.54, 1.807) is 23.1 Å². The molecule has 0 saturated carbocycles. The average Bonchev–Trinajstić information content (AvgIpc) is 3.24. The lowest BCUT2D eigenvalue weighted by atomic mass is 10.0. The van der Waals surface area contributed by atoms with Gasteiger partial charge >= 0.3 is 0 Å². The SMILES string of the molecule is O=C(CSCCOC(c1ccccc1)c1ccccc1)NCc1cccs1. The highest BCUT2D eigenvalue weighted by molar-refractivity contribution is 7.99. The van der Waals surface area contributed by atoms with Crippen LogP contribution in [0.15, 0.2) is 78.2 Å². The summed E-state index contributed by atoms with van der Waals surface area (Å²) in [5, 5.41) is 4.96. The van der Waals surface area contributed by atoms with Gasteiger partial charge in [-0.3, -0.25) is 4.79 Å². The van der Waals surface area contributed by atoms with Gasteiger partial charge in [0, 0.05) is 10.6 Å². The summed E-state index contributed by atoms with van der Waals surface area (Å²) in [5.74, 6) is 1.30. The predicted octanol–water partition coefficient (Wildman–Crippen LogP) is 4.90. The fraction of sp³-hybridized carbons (Fsp3) is 0.227. The Balaban J connectivity index is 1.42. The largest absolute Gasteiger partial charge is 0.368 e. The Morgan fingerprint density at radius 2 is 1.63 bits per heavy atom. The molecule has 1 N–H and O–H groups in total. The number of thioether (sulfide) groups is 1. The first-order valence-electron chi connectivity index (χ1n) is 8.91. The number of hydrogen-bond acceptors (Lipinski definition) is 4. The summed E-state index contributed by atoms with van der Waals surface area (Å²) in [7, 11) is 0. The minimum absolute atomic E-state index is 0.0658. The van der Waals surface area contributed by atoms with Gasteiger partial charge in [0.25, 0.3) is 0 Å². The van der Waals surface area contributed by atoms with E-state index in [1.807, 2.05) is 53.9 Å². The van der Waals surface area contributed by atoms with Crippen LogP contribution in [0, 0.1) is 0 Å². The molecule has 3 aromatic rings. The third-order valence-electron chi connectivity index (χ3n) is 3.99. The van der Waals surface area contributed by atoms with Crippen molar-refractivity contribution in [3.63, 3.8) is 0 Å². The number of hydrogen-bond donors (Lipinski definition) is 1. The van der Waals surface area contributed by atoms with E-state index in [4.69, 9.17) is 4.74 Å². The molecule has 1 aromatic heterocycles. The normalized spacial score (nSPS) is 10.9. The molecule has 0 saturated heterocycles. The quantitative estimate of drug-likeness (QED) is 0.494. The Hall–Kier alpha value is -2.08. The Morgan fingerprint density at radius 3 is 2.22 bits per heavy atom. The van der Waals surface area contributed by atoms with E-state index in [0.717, 1.165) is 16.9 Å². The third-order valence-corrected chi connectivity index (χ3v) is 5.79. The van der Waals surface area contributed by atoms with Crippen molar-refractivity contribution in [1.29, 1.82) is 0 Å². The standard InChI is InChI=1S/C22H23NO2S2/c24-21(23-16-20-12-7-14-27-20)17-26-15-13-25-22(18-8-3-1-4-9-18)19-10-5-2-6-11-19/h1-12,14,22H,13,15-17H2,(H,23,24). The highest BCUT2D eigenvalue weighted by atomic mass is 32.2. The van der Waals surface area contributed by atoms with Crippen LogP contribution in [0.3, 0.4) is 0 Å². The van der Waals surface area contributed by atoms with Gasteiger partial charge in [-0.05, 0) is 22.6 Å². The summed E-state index contributed by atoms with van der Waals surface area (Å²) in [6.07, 6.45) is -0.0827. The van der Waals surface area contributed by atoms with Gasteiger partial charge in [0.05, 0.1) is 18.9 Å². The second-order valence-corrected chi connectivity index (χ2v) is 8.12. The molecule has 0 bridgehead atoms. The maximum absolute atomic E-state index is 11.9. The van der Waals surface area contributed by atoms with Crippen LogP contribution in [-0.2, 0) is 16.1 Å². The van der Waals surface area contributed by atoms with E-state index < -0.39 is 0 Å². The van der Waals surface area contributed by atoms with Gasteiger partial charge in [-0.25, -0.2) is 0 Å². The molecule has 0 unspecified atom stereocenters. The van der Waals surface area contributed by atoms with Crippen molar-refractivity contribution in [3.8, 4) is 0 Å². The molecule has 0 spiro atoms. The predicted molar refractivity (Wildman–Crippen MR) is 114 cm³/mol. The zero-order valence-electron chi connectivity index (χ0n) is 15.0. The molecule has 3 nitrogen and oxygen atoms in total. The first kappa shape index (κ1) is 19.7. The van der Waals surface area contributed by atoms with Crippen molar-refractivity contribution < 1.29 is 9.53 Å². The molecule has 0 aliphatic rings. The van der Waals surface area contributed by atoms with Gasteiger partial charge in [-0.1, -0.05) is 66.7 Å². The van der Waals surface area contributed by atoms with Gasteiger partial charge < -0.3 is 10.1 Å². The molecular weight excluding hydrogens is 374 g/mol. The Bertz CT molecular complexity index is 752. The van der Waals surface area contributed by atoms with E-state index in [0.29, 0.717) is 18.9 Å². The van der Waals surface area contributed by atoms with E-state index in [9.17, 15) is 4.79 Å². The van der Waals surface area contributed by atoms with Gasteiger partial charge in [0.1, 0.15) is 6.10 Å². The van der Waals surface area contributed by atoms with E-state index in [1.165, 1.54) is 4.88 Å². The van der Waals surface area contributed by atoms with Gasteiger partial charge in [0.2, 0.25) is 5.91 Å². The zero-order valence-corrected chi connectivity index (χ0v) is 16.7. The van der Waals surface area contributed by atoms with Crippen LogP contribution in [0.25, 0.3) is 0 Å². The highest BCUT2D eigenvalue weighted by Gasteiger charge is 2.14. The third kappa shape index (κ3) is 6.54. The van der Waals surface area contributed by atoms with E-state index >= 15 is 0 Å². The number of carbonyl (C=O) groups is 1. The van der Waals surface area contributed by atoms with Crippen LogP contribution in [0.5, 0.6) is 0 Å². The highest BCUT2D eigenvalue weighted by Crippen LogP contribution is 2.25. The summed E-state index contributed by atoms with van der Waals surface area (Å²) < 4.78 is 6.16. The average molecular weight is 398 g/mol. The molecule has 1 heterocycles. The first-order chi connectivity index (χ1) is 13.3. The lowest BCUT2D eigenvalue weighted by molar-refractivity contribution is -0.118. The van der Waals surface area contributed by atoms with Crippen molar-refractivity contribution >= 4 is 29.0 Å². The van der Waals surface area contributed by atoms with Crippen molar-refractivity contribution in [2.75, 3.05) is 18.1 Å². The van der Waals surface area contributed by atoms with Crippen molar-refractivity contribution in [1.82, 2.24) is 5.32 Å². The molecule has 0 aliphatic heterocycles. The number of amides is 1. The summed E-state index contributed by atoms with van der Waals surface area (Å²) in [4.78, 5) is 13.1. The number of thiophene rings is 1. The molecule has 5 heteroatoms. The zero-order chi connectivity index (χ0) is 18.7. The first-order valence-corrected chi connectivity index (χ1v) is 10.9. The molecule has 27 heavy (non-hydrogen) atoms. The smallest absolute Gasteiger partial charge is 0.230 e. The molecule has 0 fully saturated rings. The fourth-order valence-corrected chi connectivity index (χ4v) is 3.97. The summed E-state index contributed by atoms with van der Waals surface area (Å²) in [5.41, 5.74) is 2.28. The minimum atomic E-state index is -0.0827. The van der Waals surface area contributed by atoms with Gasteiger partial charge in [-0.15, -0.1) is 23.1 Å². The lowest BCUT2D eigenvalue weighted by Gasteiger charge is -2.19. The fourth-order valence-electron chi connectivity index (χ4n) is 2.68. The maximum Gasteiger partial charge on any atom is 0.230 e. The van der Waals surface area contributed by atoms with E-state index in [-0.39, 0.29) is 12.0 Å². The topological polar surface area (TPSA) is 38.3 Å². The van der Waals surface area contributed by atoms with Crippen LogP contribution >= 0.6 is 23.1 Å². The Morgan fingerprint density at radius 1 is 0.963 bits per heavy atom. The molecule has 140 valence electrons. The van der Waals surface area contributed by atoms with Crippen molar-refractivity contribution in [3.05, 3.63) is 94.2 Å². The molecule has 2 aromatic carbocycles. The van der Waals surface area contributed by atoms with Crippen LogP contribution in [0.2, 0.25) is 0 Å². The van der Waals surface area contributed by atoms with Crippen LogP contribution < -0.4 is 5.32 Å². The van der Waals surface area contributed by atoms with Crippen molar-refractivity contribution in [2.24, 2.45) is 0 Å². The molecule has 1 amide bonds. The van der Waals surface area contributed by atoms with Gasteiger partial charge in [-0.2, -0.15) is 0 Å². The van der Waals surface area contributed by atoms with Gasteiger partial charge in [0.15, 0.2) is 0 Å². The number of benzene rings is 2. The molecule has 0 atom stereocenters. The monoisotopic (exact) mass is 397 g/mol. The Kier molecular flexibility index (Phi) is 7.96. The lowest BCUT2D eigenvalue weighted by Crippen LogP contribution is -2.24. The van der Waals surface area contributed by atoms with Crippen LogP contribution in [-0.4, -0.2) is 24.0 Å². The molecular formula is C22H23NO2S2. The number of ether oxygens (including phenoxy) is 1. The van der Waals surface area contributed by atoms with Crippen LogP contribution in [0.1, 0.15) is 22.1 Å². The second kappa shape index (κ2) is 10.9.